The zero-order chi connectivity index (χ0) is 22.3. The molecule has 4 N–H and O–H groups in total. The van der Waals surface area contributed by atoms with Gasteiger partial charge in [0.15, 0.2) is 0 Å². The molecule has 2 atom stereocenters. The van der Waals surface area contributed by atoms with Crippen LogP contribution in [0.25, 0.3) is 0 Å². The van der Waals surface area contributed by atoms with Gasteiger partial charge in [0.1, 0.15) is 17.9 Å². The Morgan fingerprint density at radius 3 is 2.37 bits per heavy atom. The monoisotopic (exact) mass is 416 g/mol. The standard InChI is InChI=1S/C20H21FN4O5/c1-12(26)23-17(10-13-5-4-7-15(21)9-13)20(28)24-16(19(22)27)11-14-6-2-3-8-18(14)25(29)30/h2-9,16-17H,10-11H2,1H3,(H2,22,27)(H,23,26)(H,24,28)/t16-,17-/m0/s1. The smallest absolute Gasteiger partial charge is 0.272 e. The Labute approximate surface area is 171 Å². The van der Waals surface area contributed by atoms with Crippen LogP contribution < -0.4 is 16.4 Å². The number of hydrogen-bond acceptors (Lipinski definition) is 5. The first kappa shape index (κ1) is 22.5. The van der Waals surface area contributed by atoms with Gasteiger partial charge in [-0.25, -0.2) is 4.39 Å². The first-order valence-corrected chi connectivity index (χ1v) is 9.01. The summed E-state index contributed by atoms with van der Waals surface area (Å²) >= 11 is 0. The van der Waals surface area contributed by atoms with Gasteiger partial charge in [-0.1, -0.05) is 30.3 Å². The molecule has 0 aliphatic rings. The Balaban J connectivity index is 2.20. The molecule has 30 heavy (non-hydrogen) atoms. The largest absolute Gasteiger partial charge is 0.368 e. The second kappa shape index (κ2) is 10.1. The summed E-state index contributed by atoms with van der Waals surface area (Å²) in [7, 11) is 0. The predicted molar refractivity (Wildman–Crippen MR) is 106 cm³/mol. The quantitative estimate of drug-likeness (QED) is 0.412. The van der Waals surface area contributed by atoms with Crippen LogP contribution in [-0.2, 0) is 27.2 Å². The Morgan fingerprint density at radius 1 is 1.07 bits per heavy atom. The van der Waals surface area contributed by atoms with Crippen molar-refractivity contribution >= 4 is 23.4 Å². The number of nitro benzene ring substituents is 1. The molecule has 0 fully saturated rings. The topological polar surface area (TPSA) is 144 Å². The van der Waals surface area contributed by atoms with Gasteiger partial charge in [-0.2, -0.15) is 0 Å². The molecule has 2 aromatic rings. The van der Waals surface area contributed by atoms with Gasteiger partial charge in [0, 0.05) is 31.4 Å². The van der Waals surface area contributed by atoms with Crippen molar-refractivity contribution in [3.05, 3.63) is 75.6 Å². The molecule has 9 nitrogen and oxygen atoms in total. The average Bonchev–Trinajstić information content (AvgIpc) is 2.66. The minimum absolute atomic E-state index is 0.0276. The van der Waals surface area contributed by atoms with Crippen LogP contribution in [0.4, 0.5) is 10.1 Å². The van der Waals surface area contributed by atoms with E-state index in [1.807, 2.05) is 0 Å². The third-order valence-corrected chi connectivity index (χ3v) is 4.30. The van der Waals surface area contributed by atoms with Gasteiger partial charge in [-0.15, -0.1) is 0 Å². The normalized spacial score (nSPS) is 12.5. The minimum atomic E-state index is -1.25. The summed E-state index contributed by atoms with van der Waals surface area (Å²) in [5, 5.41) is 16.1. The average molecular weight is 416 g/mol. The lowest BCUT2D eigenvalue weighted by Crippen LogP contribution is -2.54. The highest BCUT2D eigenvalue weighted by atomic mass is 19.1. The molecule has 0 saturated heterocycles. The zero-order valence-electron chi connectivity index (χ0n) is 16.1. The van der Waals surface area contributed by atoms with E-state index in [1.165, 1.54) is 43.3 Å². The third-order valence-electron chi connectivity index (χ3n) is 4.30. The molecule has 158 valence electrons. The van der Waals surface area contributed by atoms with E-state index in [9.17, 15) is 28.9 Å². The fourth-order valence-corrected chi connectivity index (χ4v) is 2.93. The van der Waals surface area contributed by atoms with E-state index in [0.717, 1.165) is 0 Å². The number of carbonyl (C=O) groups is 3. The summed E-state index contributed by atoms with van der Waals surface area (Å²) in [6.07, 6.45) is -0.231. The molecule has 0 saturated carbocycles. The molecule has 0 unspecified atom stereocenters. The first-order chi connectivity index (χ1) is 14.2. The maximum absolute atomic E-state index is 13.4. The number of amides is 3. The van der Waals surface area contributed by atoms with Gasteiger partial charge in [0.05, 0.1) is 4.92 Å². The van der Waals surface area contributed by atoms with Crippen molar-refractivity contribution in [2.75, 3.05) is 0 Å². The summed E-state index contributed by atoms with van der Waals surface area (Å²) in [5.41, 5.74) is 5.83. The molecule has 0 bridgehead atoms. The van der Waals surface area contributed by atoms with Gasteiger partial charge in [-0.05, 0) is 17.7 Å². The highest BCUT2D eigenvalue weighted by Gasteiger charge is 2.27. The van der Waals surface area contributed by atoms with Crippen molar-refractivity contribution in [1.82, 2.24) is 10.6 Å². The number of para-hydroxylation sites is 1. The lowest BCUT2D eigenvalue weighted by Gasteiger charge is -2.21. The van der Waals surface area contributed by atoms with Crippen LogP contribution in [0.3, 0.4) is 0 Å². The molecule has 0 aliphatic heterocycles. The van der Waals surface area contributed by atoms with E-state index >= 15 is 0 Å². The van der Waals surface area contributed by atoms with Crippen molar-refractivity contribution in [2.45, 2.75) is 31.8 Å². The first-order valence-electron chi connectivity index (χ1n) is 9.01. The number of hydrogen-bond donors (Lipinski definition) is 3. The number of rotatable bonds is 9. The summed E-state index contributed by atoms with van der Waals surface area (Å²) in [6.45, 7) is 1.21. The molecule has 0 heterocycles. The van der Waals surface area contributed by atoms with E-state index in [2.05, 4.69) is 10.6 Å². The van der Waals surface area contributed by atoms with Crippen LogP contribution in [0.5, 0.6) is 0 Å². The van der Waals surface area contributed by atoms with Crippen LogP contribution in [0, 0.1) is 15.9 Å². The van der Waals surface area contributed by atoms with E-state index in [1.54, 1.807) is 12.1 Å². The number of primary amides is 1. The number of benzene rings is 2. The number of nitrogens with two attached hydrogens (primary N) is 1. The Bertz CT molecular complexity index is 966. The van der Waals surface area contributed by atoms with Crippen molar-refractivity contribution in [2.24, 2.45) is 5.73 Å². The lowest BCUT2D eigenvalue weighted by atomic mass is 10.0. The van der Waals surface area contributed by atoms with Gasteiger partial charge in [0.2, 0.25) is 17.7 Å². The van der Waals surface area contributed by atoms with Crippen molar-refractivity contribution in [3.63, 3.8) is 0 Å². The van der Waals surface area contributed by atoms with E-state index < -0.39 is 40.5 Å². The number of carbonyl (C=O) groups excluding carboxylic acids is 3. The Kier molecular flexibility index (Phi) is 7.56. The maximum atomic E-state index is 13.4. The third kappa shape index (κ3) is 6.36. The Morgan fingerprint density at radius 2 is 1.77 bits per heavy atom. The molecule has 0 radical (unpaired) electrons. The van der Waals surface area contributed by atoms with E-state index in [0.29, 0.717) is 5.56 Å². The minimum Gasteiger partial charge on any atom is -0.368 e. The van der Waals surface area contributed by atoms with Crippen molar-refractivity contribution in [3.8, 4) is 0 Å². The number of nitrogens with one attached hydrogen (secondary N) is 2. The molecule has 2 rings (SSSR count). The fourth-order valence-electron chi connectivity index (χ4n) is 2.93. The number of halogens is 1. The van der Waals surface area contributed by atoms with Gasteiger partial charge in [0.25, 0.3) is 5.69 Å². The maximum Gasteiger partial charge on any atom is 0.272 e. The van der Waals surface area contributed by atoms with Crippen LogP contribution in [0.2, 0.25) is 0 Å². The van der Waals surface area contributed by atoms with Gasteiger partial charge >= 0.3 is 0 Å². The number of nitro groups is 1. The number of nitrogens with zero attached hydrogens (tertiary/aromatic N) is 1. The predicted octanol–water partition coefficient (Wildman–Crippen LogP) is 0.994. The Hall–Kier alpha value is -3.82. The SMILES string of the molecule is CC(=O)N[C@@H](Cc1cccc(F)c1)C(=O)N[C@@H](Cc1ccccc1[N+](=O)[O-])C(N)=O. The van der Waals surface area contributed by atoms with Crippen LogP contribution in [0.1, 0.15) is 18.1 Å². The van der Waals surface area contributed by atoms with Crippen molar-refractivity contribution in [1.29, 1.82) is 0 Å². The molecule has 2 aromatic carbocycles. The second-order valence-corrected chi connectivity index (χ2v) is 6.64. The molecule has 0 spiro atoms. The lowest BCUT2D eigenvalue weighted by molar-refractivity contribution is -0.385. The molecule has 0 aliphatic carbocycles. The fraction of sp³-hybridized carbons (Fsp3) is 0.250. The second-order valence-electron chi connectivity index (χ2n) is 6.64. The van der Waals surface area contributed by atoms with Crippen LogP contribution in [0.15, 0.2) is 48.5 Å². The van der Waals surface area contributed by atoms with Crippen LogP contribution in [-0.4, -0.2) is 34.7 Å². The molecule has 3 amide bonds. The molecule has 0 aromatic heterocycles. The zero-order valence-corrected chi connectivity index (χ0v) is 16.1. The highest BCUT2D eigenvalue weighted by Crippen LogP contribution is 2.19. The molecular weight excluding hydrogens is 395 g/mol. The van der Waals surface area contributed by atoms with Gasteiger partial charge in [-0.3, -0.25) is 24.5 Å². The summed E-state index contributed by atoms with van der Waals surface area (Å²) in [4.78, 5) is 46.7. The summed E-state index contributed by atoms with van der Waals surface area (Å²) in [5.74, 6) is -2.62. The summed E-state index contributed by atoms with van der Waals surface area (Å²) in [6, 6.07) is 8.94. The van der Waals surface area contributed by atoms with E-state index in [-0.39, 0.29) is 24.1 Å². The highest BCUT2D eigenvalue weighted by molar-refractivity contribution is 5.91. The van der Waals surface area contributed by atoms with Crippen LogP contribution >= 0.6 is 0 Å². The summed E-state index contributed by atoms with van der Waals surface area (Å²) < 4.78 is 13.4. The van der Waals surface area contributed by atoms with Gasteiger partial charge < -0.3 is 16.4 Å². The molecule has 10 heteroatoms. The van der Waals surface area contributed by atoms with Crippen molar-refractivity contribution < 1.29 is 23.7 Å². The molecular formula is C20H21FN4O5. The van der Waals surface area contributed by atoms with E-state index in [4.69, 9.17) is 5.73 Å².